The molecule has 0 aromatic carbocycles. The number of carbonyl (C=O) groups is 1. The van der Waals surface area contributed by atoms with E-state index in [1.165, 1.54) is 0 Å². The first kappa shape index (κ1) is 7.72. The molecule has 0 spiro atoms. The molecular weight excluding hydrogens is 142 g/mol. The van der Waals surface area contributed by atoms with E-state index in [9.17, 15) is 9.59 Å². The van der Waals surface area contributed by atoms with E-state index in [2.05, 4.69) is 4.98 Å². The lowest BCUT2D eigenvalue weighted by Gasteiger charge is -1.99. The van der Waals surface area contributed by atoms with Gasteiger partial charge in [-0.05, 0) is 25.0 Å². The number of aromatic amines is 1. The molecule has 0 fully saturated rings. The standard InChI is InChI=1S/C8H9NO2/c1-5-3-9-8(11)7(4-10)6(5)2/h3-4H,1-2H3,(H,9,11). The van der Waals surface area contributed by atoms with Crippen LogP contribution in [0.4, 0.5) is 0 Å². The zero-order valence-electron chi connectivity index (χ0n) is 6.47. The number of hydrogen-bond donors (Lipinski definition) is 1. The van der Waals surface area contributed by atoms with E-state index in [-0.39, 0.29) is 11.1 Å². The van der Waals surface area contributed by atoms with Gasteiger partial charge in [-0.1, -0.05) is 0 Å². The van der Waals surface area contributed by atoms with Crippen molar-refractivity contribution in [3.05, 3.63) is 33.2 Å². The lowest BCUT2D eigenvalue weighted by molar-refractivity contribution is 0.112. The van der Waals surface area contributed by atoms with Gasteiger partial charge in [-0.25, -0.2) is 0 Å². The summed E-state index contributed by atoms with van der Waals surface area (Å²) in [4.78, 5) is 23.8. The molecule has 58 valence electrons. The summed E-state index contributed by atoms with van der Waals surface area (Å²) in [5.41, 5.74) is 1.59. The summed E-state index contributed by atoms with van der Waals surface area (Å²) in [5.74, 6) is 0. The second-order valence-corrected chi connectivity index (χ2v) is 2.46. The molecule has 1 aromatic rings. The molecule has 1 N–H and O–H groups in total. The molecule has 1 heterocycles. The van der Waals surface area contributed by atoms with Crippen LogP contribution in [0.3, 0.4) is 0 Å². The molecule has 1 rings (SSSR count). The zero-order chi connectivity index (χ0) is 8.43. The molecule has 0 saturated heterocycles. The normalized spacial score (nSPS) is 9.64. The van der Waals surface area contributed by atoms with E-state index in [1.54, 1.807) is 13.1 Å². The Balaban J connectivity index is 3.53. The third-order valence-electron chi connectivity index (χ3n) is 1.78. The number of rotatable bonds is 1. The molecule has 0 amide bonds. The van der Waals surface area contributed by atoms with Gasteiger partial charge in [0.2, 0.25) is 0 Å². The predicted molar refractivity (Wildman–Crippen MR) is 41.9 cm³/mol. The minimum Gasteiger partial charge on any atom is -0.328 e. The van der Waals surface area contributed by atoms with Crippen LogP contribution in [-0.4, -0.2) is 11.3 Å². The van der Waals surface area contributed by atoms with Gasteiger partial charge in [0.15, 0.2) is 6.29 Å². The molecule has 0 radical (unpaired) electrons. The monoisotopic (exact) mass is 151 g/mol. The van der Waals surface area contributed by atoms with Crippen LogP contribution in [0, 0.1) is 13.8 Å². The quantitative estimate of drug-likeness (QED) is 0.603. The summed E-state index contributed by atoms with van der Waals surface area (Å²) in [5, 5.41) is 0. The Bertz CT molecular complexity index is 338. The molecule has 0 aliphatic carbocycles. The summed E-state index contributed by atoms with van der Waals surface area (Å²) in [6, 6.07) is 0. The van der Waals surface area contributed by atoms with Gasteiger partial charge in [-0.3, -0.25) is 9.59 Å². The van der Waals surface area contributed by atoms with Gasteiger partial charge in [-0.2, -0.15) is 0 Å². The maximum atomic E-state index is 10.9. The molecule has 0 aliphatic rings. The summed E-state index contributed by atoms with van der Waals surface area (Å²) in [7, 11) is 0. The van der Waals surface area contributed by atoms with Gasteiger partial charge in [-0.15, -0.1) is 0 Å². The number of aromatic nitrogens is 1. The van der Waals surface area contributed by atoms with E-state index in [0.29, 0.717) is 6.29 Å². The average Bonchev–Trinajstić information content (AvgIpc) is 1.99. The third-order valence-corrected chi connectivity index (χ3v) is 1.78. The average molecular weight is 151 g/mol. The Morgan fingerprint density at radius 3 is 2.55 bits per heavy atom. The second kappa shape index (κ2) is 2.70. The van der Waals surface area contributed by atoms with E-state index >= 15 is 0 Å². The van der Waals surface area contributed by atoms with Crippen LogP contribution in [0.15, 0.2) is 11.0 Å². The molecule has 3 nitrogen and oxygen atoms in total. The Morgan fingerprint density at radius 1 is 1.45 bits per heavy atom. The van der Waals surface area contributed by atoms with Crippen molar-refractivity contribution in [1.29, 1.82) is 0 Å². The fourth-order valence-corrected chi connectivity index (χ4v) is 0.884. The minimum atomic E-state index is -0.317. The van der Waals surface area contributed by atoms with Crippen LogP contribution in [-0.2, 0) is 0 Å². The van der Waals surface area contributed by atoms with Gasteiger partial charge >= 0.3 is 0 Å². The number of pyridine rings is 1. The Hall–Kier alpha value is -1.38. The first-order chi connectivity index (χ1) is 5.16. The molecule has 1 aromatic heterocycles. The van der Waals surface area contributed by atoms with Gasteiger partial charge in [0.1, 0.15) is 0 Å². The molecule has 11 heavy (non-hydrogen) atoms. The van der Waals surface area contributed by atoms with Crippen molar-refractivity contribution in [2.45, 2.75) is 13.8 Å². The van der Waals surface area contributed by atoms with Crippen molar-refractivity contribution in [3.8, 4) is 0 Å². The van der Waals surface area contributed by atoms with E-state index in [0.717, 1.165) is 11.1 Å². The highest BCUT2D eigenvalue weighted by Crippen LogP contribution is 2.03. The fraction of sp³-hybridized carbons (Fsp3) is 0.250. The van der Waals surface area contributed by atoms with Crippen molar-refractivity contribution in [2.24, 2.45) is 0 Å². The van der Waals surface area contributed by atoms with Crippen LogP contribution in [0.5, 0.6) is 0 Å². The number of hydrogen-bond acceptors (Lipinski definition) is 2. The van der Waals surface area contributed by atoms with Crippen molar-refractivity contribution in [1.82, 2.24) is 4.98 Å². The van der Waals surface area contributed by atoms with E-state index in [4.69, 9.17) is 0 Å². The molecule has 3 heteroatoms. The number of aryl methyl sites for hydroxylation is 1. The topological polar surface area (TPSA) is 49.9 Å². The van der Waals surface area contributed by atoms with Gasteiger partial charge in [0, 0.05) is 6.20 Å². The first-order valence-corrected chi connectivity index (χ1v) is 3.31. The summed E-state index contributed by atoms with van der Waals surface area (Å²) in [6.07, 6.45) is 2.19. The van der Waals surface area contributed by atoms with Crippen molar-refractivity contribution < 1.29 is 4.79 Å². The number of nitrogens with one attached hydrogen (secondary N) is 1. The molecule has 0 saturated carbocycles. The number of aldehydes is 1. The van der Waals surface area contributed by atoms with Crippen molar-refractivity contribution in [3.63, 3.8) is 0 Å². The minimum absolute atomic E-state index is 0.227. The van der Waals surface area contributed by atoms with Gasteiger partial charge < -0.3 is 4.98 Å². The largest absolute Gasteiger partial charge is 0.328 e. The van der Waals surface area contributed by atoms with Crippen molar-refractivity contribution in [2.75, 3.05) is 0 Å². The Morgan fingerprint density at radius 2 is 2.09 bits per heavy atom. The predicted octanol–water partition coefficient (Wildman–Crippen LogP) is 0.804. The van der Waals surface area contributed by atoms with Crippen LogP contribution >= 0.6 is 0 Å². The van der Waals surface area contributed by atoms with Crippen LogP contribution < -0.4 is 5.56 Å². The lowest BCUT2D eigenvalue weighted by Crippen LogP contribution is -2.13. The molecule has 0 aliphatic heterocycles. The Labute approximate surface area is 64.1 Å². The van der Waals surface area contributed by atoms with Gasteiger partial charge in [0.25, 0.3) is 5.56 Å². The maximum Gasteiger partial charge on any atom is 0.258 e. The van der Waals surface area contributed by atoms with Gasteiger partial charge in [0.05, 0.1) is 5.56 Å². The SMILES string of the molecule is Cc1c[nH]c(=O)c(C=O)c1C. The zero-order valence-corrected chi connectivity index (χ0v) is 6.47. The van der Waals surface area contributed by atoms with Crippen LogP contribution in [0.1, 0.15) is 21.5 Å². The number of H-pyrrole nitrogens is 1. The highest BCUT2D eigenvalue weighted by molar-refractivity contribution is 5.76. The van der Waals surface area contributed by atoms with E-state index in [1.807, 2.05) is 6.92 Å². The molecular formula is C8H9NO2. The smallest absolute Gasteiger partial charge is 0.258 e. The highest BCUT2D eigenvalue weighted by atomic mass is 16.1. The van der Waals surface area contributed by atoms with E-state index < -0.39 is 0 Å². The summed E-state index contributed by atoms with van der Waals surface area (Å²) in [6.45, 7) is 3.60. The third kappa shape index (κ3) is 1.22. The van der Waals surface area contributed by atoms with Crippen LogP contribution in [0.25, 0.3) is 0 Å². The fourth-order valence-electron chi connectivity index (χ4n) is 0.884. The summed E-state index contributed by atoms with van der Waals surface area (Å²) >= 11 is 0. The highest BCUT2D eigenvalue weighted by Gasteiger charge is 2.03. The lowest BCUT2D eigenvalue weighted by atomic mass is 10.1. The van der Waals surface area contributed by atoms with Crippen molar-refractivity contribution >= 4 is 6.29 Å². The molecule has 0 unspecified atom stereocenters. The summed E-state index contributed by atoms with van der Waals surface area (Å²) < 4.78 is 0. The Kier molecular flexibility index (Phi) is 1.89. The molecule has 0 atom stereocenters. The first-order valence-electron chi connectivity index (χ1n) is 3.31. The number of carbonyl (C=O) groups excluding carboxylic acids is 1. The van der Waals surface area contributed by atoms with Crippen LogP contribution in [0.2, 0.25) is 0 Å². The second-order valence-electron chi connectivity index (χ2n) is 2.46. The maximum absolute atomic E-state index is 10.9. The molecule has 0 bridgehead atoms.